The molecule has 8 nitrogen and oxygen atoms in total. The highest BCUT2D eigenvalue weighted by Crippen LogP contribution is 2.18. The zero-order chi connectivity index (χ0) is 19.0. The third kappa shape index (κ3) is 3.25. The van der Waals surface area contributed by atoms with Crippen molar-refractivity contribution in [3.05, 3.63) is 65.4 Å². The highest BCUT2D eigenvalue weighted by Gasteiger charge is 2.25. The number of hydrogen-bond donors (Lipinski definition) is 1. The summed E-state index contributed by atoms with van der Waals surface area (Å²) in [7, 11) is 1.83. The first-order chi connectivity index (χ1) is 13.0. The summed E-state index contributed by atoms with van der Waals surface area (Å²) in [5, 5.41) is 2.89. The molecule has 1 aliphatic rings. The van der Waals surface area contributed by atoms with Crippen LogP contribution in [0.25, 0.3) is 0 Å². The van der Waals surface area contributed by atoms with Gasteiger partial charge in [0, 0.05) is 32.5 Å². The second-order valence-corrected chi connectivity index (χ2v) is 6.65. The number of furan rings is 1. The van der Waals surface area contributed by atoms with Crippen molar-refractivity contribution in [2.75, 3.05) is 6.54 Å². The molecule has 27 heavy (non-hydrogen) atoms. The Morgan fingerprint density at radius 1 is 1.30 bits per heavy atom. The van der Waals surface area contributed by atoms with Gasteiger partial charge in [0.15, 0.2) is 0 Å². The number of hydrogen-bond acceptors (Lipinski definition) is 4. The van der Waals surface area contributed by atoms with Gasteiger partial charge >= 0.3 is 0 Å². The average Bonchev–Trinajstić information content (AvgIpc) is 3.37. The van der Waals surface area contributed by atoms with E-state index in [2.05, 4.69) is 10.3 Å². The van der Waals surface area contributed by atoms with Gasteiger partial charge in [-0.3, -0.25) is 9.59 Å². The van der Waals surface area contributed by atoms with Crippen LogP contribution in [0.5, 0.6) is 0 Å². The average molecular weight is 367 g/mol. The molecule has 0 radical (unpaired) electrons. The molecular formula is C19H21N5O3. The molecule has 0 aliphatic carbocycles. The lowest BCUT2D eigenvalue weighted by Crippen LogP contribution is -2.38. The Kier molecular flexibility index (Phi) is 4.31. The first-order valence-corrected chi connectivity index (χ1v) is 8.81. The number of aromatic nitrogens is 3. The molecule has 140 valence electrons. The Bertz CT molecular complexity index is 997. The highest BCUT2D eigenvalue weighted by molar-refractivity contribution is 5.95. The molecule has 3 aromatic heterocycles. The monoisotopic (exact) mass is 367 g/mol. The zero-order valence-corrected chi connectivity index (χ0v) is 15.3. The summed E-state index contributed by atoms with van der Waals surface area (Å²) in [6, 6.07) is 5.30. The molecule has 0 aromatic carbocycles. The third-order valence-electron chi connectivity index (χ3n) is 4.84. The summed E-state index contributed by atoms with van der Waals surface area (Å²) >= 11 is 0. The first kappa shape index (κ1) is 17.1. The van der Waals surface area contributed by atoms with E-state index >= 15 is 0 Å². The first-order valence-electron chi connectivity index (χ1n) is 8.81. The van der Waals surface area contributed by atoms with Crippen molar-refractivity contribution in [3.8, 4) is 0 Å². The molecule has 4 heterocycles. The van der Waals surface area contributed by atoms with Crippen molar-refractivity contribution >= 4 is 11.8 Å². The van der Waals surface area contributed by atoms with E-state index in [-0.39, 0.29) is 11.8 Å². The number of nitrogens with zero attached hydrogens (tertiary/aromatic N) is 4. The number of fused-ring (bicyclic) bond motifs is 1. The topological polar surface area (TPSA) is 85.3 Å². The lowest BCUT2D eigenvalue weighted by molar-refractivity contribution is 0.0705. The van der Waals surface area contributed by atoms with Gasteiger partial charge in [-0.25, -0.2) is 4.98 Å². The van der Waals surface area contributed by atoms with Crippen LogP contribution in [0.4, 0.5) is 0 Å². The lowest BCUT2D eigenvalue weighted by Gasteiger charge is -2.27. The second kappa shape index (κ2) is 6.79. The van der Waals surface area contributed by atoms with Gasteiger partial charge in [0.05, 0.1) is 30.6 Å². The molecule has 0 atom stereocenters. The van der Waals surface area contributed by atoms with Crippen molar-refractivity contribution in [3.63, 3.8) is 0 Å². The standard InChI is InChI=1S/C19H21N5O3/c1-13-15(5-9-27-13)19(26)24-8-7-23-11-14(21-17(23)12-24)10-20-18(25)16-4-3-6-22(16)2/h3-6,9,11H,7-8,10,12H2,1-2H3,(H,20,25). The van der Waals surface area contributed by atoms with Gasteiger partial charge in [-0.1, -0.05) is 0 Å². The van der Waals surface area contributed by atoms with Crippen LogP contribution in [-0.4, -0.2) is 37.4 Å². The molecule has 0 saturated carbocycles. The molecule has 0 fully saturated rings. The second-order valence-electron chi connectivity index (χ2n) is 6.65. The van der Waals surface area contributed by atoms with Gasteiger partial charge < -0.3 is 23.8 Å². The SMILES string of the molecule is Cc1occc1C(=O)N1CCn2cc(CNC(=O)c3cccn3C)nc2C1. The third-order valence-corrected chi connectivity index (χ3v) is 4.84. The molecule has 8 heteroatoms. The molecule has 0 saturated heterocycles. The van der Waals surface area contributed by atoms with Gasteiger partial charge in [-0.05, 0) is 25.1 Å². The van der Waals surface area contributed by atoms with Crippen molar-refractivity contribution in [1.82, 2.24) is 24.3 Å². The minimum atomic E-state index is -0.138. The summed E-state index contributed by atoms with van der Waals surface area (Å²) in [5.74, 6) is 1.26. The number of rotatable bonds is 4. The van der Waals surface area contributed by atoms with Crippen molar-refractivity contribution in [2.45, 2.75) is 26.6 Å². The van der Waals surface area contributed by atoms with E-state index in [4.69, 9.17) is 4.42 Å². The number of carbonyl (C=O) groups is 2. The van der Waals surface area contributed by atoms with E-state index in [1.54, 1.807) is 28.5 Å². The number of amides is 2. The number of imidazole rings is 1. The molecule has 0 bridgehead atoms. The van der Waals surface area contributed by atoms with Crippen LogP contribution in [0, 0.1) is 6.92 Å². The molecule has 1 aliphatic heterocycles. The van der Waals surface area contributed by atoms with Gasteiger partial charge in [0.2, 0.25) is 0 Å². The van der Waals surface area contributed by atoms with E-state index in [9.17, 15) is 9.59 Å². The van der Waals surface area contributed by atoms with E-state index in [1.165, 1.54) is 6.26 Å². The summed E-state index contributed by atoms with van der Waals surface area (Å²) in [6.45, 7) is 3.86. The fraction of sp³-hybridized carbons (Fsp3) is 0.316. The quantitative estimate of drug-likeness (QED) is 0.761. The predicted molar refractivity (Wildman–Crippen MR) is 97.0 cm³/mol. The van der Waals surface area contributed by atoms with Crippen molar-refractivity contribution in [1.29, 1.82) is 0 Å². The normalized spacial score (nSPS) is 13.5. The molecule has 4 rings (SSSR count). The Labute approximate surface area is 156 Å². The maximum atomic E-state index is 12.6. The molecule has 2 amide bonds. The highest BCUT2D eigenvalue weighted by atomic mass is 16.3. The van der Waals surface area contributed by atoms with Crippen LogP contribution < -0.4 is 5.32 Å². The van der Waals surface area contributed by atoms with Crippen molar-refractivity contribution < 1.29 is 14.0 Å². The van der Waals surface area contributed by atoms with Crippen molar-refractivity contribution in [2.24, 2.45) is 7.05 Å². The summed E-state index contributed by atoms with van der Waals surface area (Å²) in [6.07, 6.45) is 5.30. The van der Waals surface area contributed by atoms with Crippen LogP contribution in [0.3, 0.4) is 0 Å². The minimum absolute atomic E-state index is 0.0472. The van der Waals surface area contributed by atoms with E-state index in [0.717, 1.165) is 11.5 Å². The molecule has 3 aromatic rings. The maximum Gasteiger partial charge on any atom is 0.268 e. The summed E-state index contributed by atoms with van der Waals surface area (Å²) in [4.78, 5) is 31.2. The fourth-order valence-corrected chi connectivity index (χ4v) is 3.31. The molecule has 0 unspecified atom stereocenters. The van der Waals surface area contributed by atoms with E-state index in [1.807, 2.05) is 30.1 Å². The Morgan fingerprint density at radius 2 is 2.15 bits per heavy atom. The van der Waals surface area contributed by atoms with Gasteiger partial charge in [-0.15, -0.1) is 0 Å². The molecular weight excluding hydrogens is 346 g/mol. The Morgan fingerprint density at radius 3 is 2.85 bits per heavy atom. The minimum Gasteiger partial charge on any atom is -0.469 e. The molecule has 0 spiro atoms. The number of carbonyl (C=O) groups excluding carboxylic acids is 2. The van der Waals surface area contributed by atoms with Crippen LogP contribution in [0.2, 0.25) is 0 Å². The number of nitrogens with one attached hydrogen (secondary N) is 1. The summed E-state index contributed by atoms with van der Waals surface area (Å²) in [5.41, 5.74) is 1.97. The lowest BCUT2D eigenvalue weighted by atomic mass is 10.2. The van der Waals surface area contributed by atoms with E-state index in [0.29, 0.717) is 43.2 Å². The predicted octanol–water partition coefficient (Wildman–Crippen LogP) is 1.71. The van der Waals surface area contributed by atoms with Crippen LogP contribution >= 0.6 is 0 Å². The van der Waals surface area contributed by atoms with Gasteiger partial charge in [-0.2, -0.15) is 0 Å². The van der Waals surface area contributed by atoms with Gasteiger partial charge in [0.25, 0.3) is 11.8 Å². The van der Waals surface area contributed by atoms with Crippen LogP contribution in [-0.2, 0) is 26.7 Å². The van der Waals surface area contributed by atoms with Gasteiger partial charge in [0.1, 0.15) is 17.3 Å². The zero-order valence-electron chi connectivity index (χ0n) is 15.3. The van der Waals surface area contributed by atoms with Crippen LogP contribution in [0.1, 0.15) is 38.1 Å². The Hall–Kier alpha value is -3.29. The maximum absolute atomic E-state index is 12.6. The smallest absolute Gasteiger partial charge is 0.268 e. The molecule has 1 N–H and O–H groups in total. The summed E-state index contributed by atoms with van der Waals surface area (Å²) < 4.78 is 9.04. The van der Waals surface area contributed by atoms with E-state index < -0.39 is 0 Å². The largest absolute Gasteiger partial charge is 0.469 e. The fourth-order valence-electron chi connectivity index (χ4n) is 3.31. The Balaban J connectivity index is 1.41. The number of aryl methyl sites for hydroxylation is 2. The van der Waals surface area contributed by atoms with Crippen LogP contribution in [0.15, 0.2) is 41.3 Å².